The molecule has 1 saturated heterocycles. The van der Waals surface area contributed by atoms with Crippen LogP contribution in [0.5, 0.6) is 0 Å². The number of nitrogens with zero attached hydrogens (tertiary/aromatic N) is 1. The number of rotatable bonds is 5. The van der Waals surface area contributed by atoms with Crippen LogP contribution >= 0.6 is 0 Å². The van der Waals surface area contributed by atoms with E-state index in [0.717, 1.165) is 0 Å². The lowest BCUT2D eigenvalue weighted by Crippen LogP contribution is -2.45. The highest BCUT2D eigenvalue weighted by molar-refractivity contribution is 5.83. The molecule has 0 spiro atoms. The van der Waals surface area contributed by atoms with Crippen LogP contribution in [0.1, 0.15) is 18.4 Å². The quantitative estimate of drug-likeness (QED) is 0.618. The molecular formula is C14H19N3O4. The number of hydrogen-bond acceptors (Lipinski definition) is 5. The Kier molecular flexibility index (Phi) is 4.87. The van der Waals surface area contributed by atoms with Gasteiger partial charge in [-0.25, -0.2) is 0 Å². The van der Waals surface area contributed by atoms with E-state index in [0.29, 0.717) is 18.7 Å². The molecule has 1 aliphatic heterocycles. The topological polar surface area (TPSA) is 93.5 Å². The van der Waals surface area contributed by atoms with Crippen molar-refractivity contribution in [3.8, 4) is 0 Å². The molecule has 1 fully saturated rings. The van der Waals surface area contributed by atoms with Crippen LogP contribution in [-0.4, -0.2) is 43.2 Å². The zero-order valence-electron chi connectivity index (χ0n) is 12.0. The van der Waals surface area contributed by atoms with Crippen molar-refractivity contribution in [3.63, 3.8) is 0 Å². The molecular weight excluding hydrogens is 274 g/mol. The molecule has 2 rings (SSSR count). The normalized spacial score (nSPS) is 22.8. The van der Waals surface area contributed by atoms with Crippen molar-refractivity contribution in [3.05, 3.63) is 39.9 Å². The second-order valence-electron chi connectivity index (χ2n) is 5.12. The Bertz CT molecular complexity index is 535. The van der Waals surface area contributed by atoms with Crippen LogP contribution in [0.3, 0.4) is 0 Å². The standard InChI is InChI=1S/C14H19N3O4/c1-9(10-4-3-5-11(6-10)17(19)20)14(18)16-12-7-15-8-13(12)21-2/h3-6,9,12-13,15H,7-8H2,1-2H3,(H,16,18)/t9?,12?,13-/m0/s1. The Morgan fingerprint density at radius 2 is 2.29 bits per heavy atom. The van der Waals surface area contributed by atoms with Crippen LogP contribution in [0.4, 0.5) is 5.69 Å². The first-order valence-electron chi connectivity index (χ1n) is 6.81. The molecule has 0 aromatic heterocycles. The van der Waals surface area contributed by atoms with Gasteiger partial charge in [-0.15, -0.1) is 0 Å². The van der Waals surface area contributed by atoms with Gasteiger partial charge < -0.3 is 15.4 Å². The van der Waals surface area contributed by atoms with E-state index in [1.165, 1.54) is 12.1 Å². The van der Waals surface area contributed by atoms with E-state index < -0.39 is 10.8 Å². The summed E-state index contributed by atoms with van der Waals surface area (Å²) in [5, 5.41) is 16.9. The number of nitro groups is 1. The summed E-state index contributed by atoms with van der Waals surface area (Å²) >= 11 is 0. The molecule has 1 aromatic rings. The summed E-state index contributed by atoms with van der Waals surface area (Å²) < 4.78 is 5.29. The SMILES string of the molecule is CO[C@H]1CNCC1NC(=O)C(C)c1cccc([N+](=O)[O-])c1. The van der Waals surface area contributed by atoms with Crippen molar-refractivity contribution >= 4 is 11.6 Å². The van der Waals surface area contributed by atoms with Gasteiger partial charge in [0.05, 0.1) is 23.0 Å². The maximum Gasteiger partial charge on any atom is 0.269 e. The number of nitro benzene ring substituents is 1. The van der Waals surface area contributed by atoms with Gasteiger partial charge in [-0.1, -0.05) is 12.1 Å². The highest BCUT2D eigenvalue weighted by Crippen LogP contribution is 2.21. The van der Waals surface area contributed by atoms with E-state index in [1.807, 2.05) is 0 Å². The van der Waals surface area contributed by atoms with Crippen molar-refractivity contribution in [1.29, 1.82) is 0 Å². The molecule has 2 unspecified atom stereocenters. The number of methoxy groups -OCH3 is 1. The Labute approximate surface area is 122 Å². The first kappa shape index (κ1) is 15.4. The smallest absolute Gasteiger partial charge is 0.269 e. The van der Waals surface area contributed by atoms with Crippen LogP contribution in [-0.2, 0) is 9.53 Å². The molecule has 3 atom stereocenters. The van der Waals surface area contributed by atoms with Crippen LogP contribution < -0.4 is 10.6 Å². The van der Waals surface area contributed by atoms with E-state index in [1.54, 1.807) is 26.2 Å². The predicted octanol–water partition coefficient (Wildman–Crippen LogP) is 0.801. The lowest BCUT2D eigenvalue weighted by Gasteiger charge is -2.21. The molecule has 1 amide bonds. The van der Waals surface area contributed by atoms with Crippen molar-refractivity contribution in [1.82, 2.24) is 10.6 Å². The minimum Gasteiger partial charge on any atom is -0.378 e. The molecule has 0 bridgehead atoms. The molecule has 1 aromatic carbocycles. The van der Waals surface area contributed by atoms with Gasteiger partial charge in [0.1, 0.15) is 0 Å². The summed E-state index contributed by atoms with van der Waals surface area (Å²) in [6.07, 6.45) is -0.0498. The third kappa shape index (κ3) is 3.56. The zero-order chi connectivity index (χ0) is 15.4. The van der Waals surface area contributed by atoms with Gasteiger partial charge in [-0.05, 0) is 12.5 Å². The maximum absolute atomic E-state index is 12.3. The van der Waals surface area contributed by atoms with Gasteiger partial charge in [0.2, 0.25) is 5.91 Å². The number of ether oxygens (including phenoxy) is 1. The predicted molar refractivity (Wildman–Crippen MR) is 77.1 cm³/mol. The number of benzene rings is 1. The van der Waals surface area contributed by atoms with E-state index >= 15 is 0 Å². The van der Waals surface area contributed by atoms with Crippen molar-refractivity contribution in [2.75, 3.05) is 20.2 Å². The monoisotopic (exact) mass is 293 g/mol. The lowest BCUT2D eigenvalue weighted by atomic mass is 9.99. The zero-order valence-corrected chi connectivity index (χ0v) is 12.0. The number of non-ortho nitro benzene ring substituents is 1. The van der Waals surface area contributed by atoms with E-state index in [2.05, 4.69) is 10.6 Å². The molecule has 21 heavy (non-hydrogen) atoms. The van der Waals surface area contributed by atoms with Gasteiger partial charge in [0.15, 0.2) is 0 Å². The molecule has 0 aliphatic carbocycles. The summed E-state index contributed by atoms with van der Waals surface area (Å²) in [6, 6.07) is 6.08. The number of hydrogen-bond donors (Lipinski definition) is 2. The van der Waals surface area contributed by atoms with Gasteiger partial charge in [0, 0.05) is 32.3 Å². The minimum atomic E-state index is -0.462. The van der Waals surface area contributed by atoms with E-state index in [9.17, 15) is 14.9 Å². The number of amides is 1. The average Bonchev–Trinajstić information content (AvgIpc) is 2.93. The molecule has 1 heterocycles. The molecule has 7 nitrogen and oxygen atoms in total. The summed E-state index contributed by atoms with van der Waals surface area (Å²) in [6.45, 7) is 3.09. The largest absolute Gasteiger partial charge is 0.378 e. The molecule has 114 valence electrons. The third-order valence-electron chi connectivity index (χ3n) is 3.76. The first-order chi connectivity index (χ1) is 10.0. The Hall–Kier alpha value is -1.99. The Morgan fingerprint density at radius 1 is 1.52 bits per heavy atom. The fourth-order valence-electron chi connectivity index (χ4n) is 2.41. The molecule has 1 aliphatic rings. The van der Waals surface area contributed by atoms with Crippen molar-refractivity contribution in [2.45, 2.75) is 25.0 Å². The summed E-state index contributed by atoms with van der Waals surface area (Å²) in [7, 11) is 1.61. The number of nitrogens with one attached hydrogen (secondary N) is 2. The second kappa shape index (κ2) is 6.64. The molecule has 2 N–H and O–H groups in total. The molecule has 7 heteroatoms. The van der Waals surface area contributed by atoms with E-state index in [-0.39, 0.29) is 23.7 Å². The summed E-state index contributed by atoms with van der Waals surface area (Å²) in [4.78, 5) is 22.6. The minimum absolute atomic E-state index is 0.00977. The van der Waals surface area contributed by atoms with E-state index in [4.69, 9.17) is 4.74 Å². The second-order valence-corrected chi connectivity index (χ2v) is 5.12. The fourth-order valence-corrected chi connectivity index (χ4v) is 2.41. The van der Waals surface area contributed by atoms with Gasteiger partial charge in [-0.3, -0.25) is 14.9 Å². The number of carbonyl (C=O) groups excluding carboxylic acids is 1. The van der Waals surface area contributed by atoms with Crippen LogP contribution in [0.25, 0.3) is 0 Å². The highest BCUT2D eigenvalue weighted by Gasteiger charge is 2.29. The van der Waals surface area contributed by atoms with Gasteiger partial charge in [0.25, 0.3) is 5.69 Å². The van der Waals surface area contributed by atoms with Crippen LogP contribution in [0.2, 0.25) is 0 Å². The van der Waals surface area contributed by atoms with Gasteiger partial charge >= 0.3 is 0 Å². The summed E-state index contributed by atoms with van der Waals surface area (Å²) in [5.41, 5.74) is 0.617. The Balaban J connectivity index is 2.05. The fraction of sp³-hybridized carbons (Fsp3) is 0.500. The third-order valence-corrected chi connectivity index (χ3v) is 3.76. The maximum atomic E-state index is 12.3. The van der Waals surface area contributed by atoms with Crippen LogP contribution in [0, 0.1) is 10.1 Å². The first-order valence-corrected chi connectivity index (χ1v) is 6.81. The van der Waals surface area contributed by atoms with Crippen LogP contribution in [0.15, 0.2) is 24.3 Å². The van der Waals surface area contributed by atoms with Gasteiger partial charge in [-0.2, -0.15) is 0 Å². The van der Waals surface area contributed by atoms with Crippen molar-refractivity contribution < 1.29 is 14.5 Å². The molecule has 0 radical (unpaired) electrons. The number of carbonyl (C=O) groups is 1. The van der Waals surface area contributed by atoms with Crippen molar-refractivity contribution in [2.24, 2.45) is 0 Å². The molecule has 0 saturated carbocycles. The average molecular weight is 293 g/mol. The highest BCUT2D eigenvalue weighted by atomic mass is 16.6. The lowest BCUT2D eigenvalue weighted by molar-refractivity contribution is -0.384. The summed E-state index contributed by atoms with van der Waals surface area (Å²) in [5.74, 6) is -0.616. The Morgan fingerprint density at radius 3 is 2.95 bits per heavy atom.